The molecule has 0 saturated heterocycles. The number of aromatic nitrogens is 3. The van der Waals surface area contributed by atoms with Gasteiger partial charge in [-0.3, -0.25) is 0 Å². The van der Waals surface area contributed by atoms with Gasteiger partial charge in [0, 0.05) is 38.7 Å². The zero-order valence-electron chi connectivity index (χ0n) is 26.8. The van der Waals surface area contributed by atoms with Crippen molar-refractivity contribution in [3.8, 4) is 50.7 Å². The smallest absolute Gasteiger partial charge is 0.161 e. The molecule has 0 bridgehead atoms. The largest absolute Gasteiger partial charge is 0.312 e. The summed E-state index contributed by atoms with van der Waals surface area (Å²) in [4.78, 5) is 10.4. The van der Waals surface area contributed by atoms with Gasteiger partial charge in [-0.25, -0.2) is 9.97 Å². The van der Waals surface area contributed by atoms with Crippen LogP contribution in [0, 0.1) is 0 Å². The lowest BCUT2D eigenvalue weighted by Gasteiger charge is -2.20. The van der Waals surface area contributed by atoms with Gasteiger partial charge in [0.15, 0.2) is 5.82 Å². The van der Waals surface area contributed by atoms with Gasteiger partial charge in [-0.15, -0.1) is 0 Å². The Hall–Kier alpha value is -6.32. The molecule has 9 aromatic rings. The highest BCUT2D eigenvalue weighted by Gasteiger charge is 2.27. The molecular weight excluding hydrogens is 595 g/mol. The second-order valence-corrected chi connectivity index (χ2v) is 12.9. The first kappa shape index (κ1) is 27.8. The number of benzene rings is 7. The number of nitrogens with zero attached hydrogens (tertiary/aromatic N) is 3. The standard InChI is InChI=1S/C46H31N3/c1-3-15-32(16-4-1)39-29-40(33-17-5-2-6-18-33)48-46(47-39)38-23-11-22-37-36(38)21-12-24-41(37)49-42-27-25-30-13-7-9-19-34(30)44(42)45-35-20-10-8-14-31(35)26-28-43(45)49/h1-25,27,29H,26,28H2. The van der Waals surface area contributed by atoms with E-state index in [1.54, 1.807) is 0 Å². The molecule has 2 heterocycles. The van der Waals surface area contributed by atoms with Crippen molar-refractivity contribution in [2.24, 2.45) is 0 Å². The molecule has 0 spiro atoms. The molecule has 230 valence electrons. The molecule has 0 aliphatic heterocycles. The van der Waals surface area contributed by atoms with Crippen molar-refractivity contribution in [3.05, 3.63) is 175 Å². The lowest BCUT2D eigenvalue weighted by atomic mass is 9.87. The van der Waals surface area contributed by atoms with Gasteiger partial charge in [0.1, 0.15) is 0 Å². The normalized spacial score (nSPS) is 12.3. The monoisotopic (exact) mass is 625 g/mol. The van der Waals surface area contributed by atoms with Crippen LogP contribution in [0.25, 0.3) is 83.2 Å². The van der Waals surface area contributed by atoms with Gasteiger partial charge in [-0.2, -0.15) is 0 Å². The summed E-state index contributed by atoms with van der Waals surface area (Å²) >= 11 is 0. The number of aryl methyl sites for hydroxylation is 1. The molecule has 0 N–H and O–H groups in total. The Morgan fingerprint density at radius 3 is 1.90 bits per heavy atom. The van der Waals surface area contributed by atoms with Crippen molar-refractivity contribution in [1.29, 1.82) is 0 Å². The van der Waals surface area contributed by atoms with E-state index in [1.807, 2.05) is 12.1 Å². The van der Waals surface area contributed by atoms with Gasteiger partial charge in [0.25, 0.3) is 0 Å². The van der Waals surface area contributed by atoms with Gasteiger partial charge in [-0.1, -0.05) is 146 Å². The Kier molecular flexibility index (Phi) is 6.31. The highest BCUT2D eigenvalue weighted by atomic mass is 15.0. The van der Waals surface area contributed by atoms with Crippen LogP contribution in [0.1, 0.15) is 11.3 Å². The Morgan fingerprint density at radius 1 is 0.469 bits per heavy atom. The van der Waals surface area contributed by atoms with E-state index >= 15 is 0 Å². The quantitative estimate of drug-likeness (QED) is 0.195. The summed E-state index contributed by atoms with van der Waals surface area (Å²) in [6.07, 6.45) is 2.00. The fourth-order valence-electron chi connectivity index (χ4n) is 7.91. The van der Waals surface area contributed by atoms with Crippen LogP contribution in [0.15, 0.2) is 164 Å². The third kappa shape index (κ3) is 4.43. The molecule has 7 aromatic carbocycles. The number of hydrogen-bond donors (Lipinski definition) is 0. The third-order valence-electron chi connectivity index (χ3n) is 10.1. The molecule has 1 aliphatic carbocycles. The summed E-state index contributed by atoms with van der Waals surface area (Å²) in [5.74, 6) is 0.724. The minimum absolute atomic E-state index is 0.724. The minimum Gasteiger partial charge on any atom is -0.312 e. The first-order valence-electron chi connectivity index (χ1n) is 17.0. The van der Waals surface area contributed by atoms with Crippen LogP contribution in [0.4, 0.5) is 0 Å². The summed E-state index contributed by atoms with van der Waals surface area (Å²) in [6, 6.07) is 58.5. The average molecular weight is 626 g/mol. The van der Waals surface area contributed by atoms with E-state index < -0.39 is 0 Å². The van der Waals surface area contributed by atoms with E-state index in [4.69, 9.17) is 9.97 Å². The van der Waals surface area contributed by atoms with Crippen molar-refractivity contribution in [2.45, 2.75) is 12.8 Å². The maximum absolute atomic E-state index is 5.20. The van der Waals surface area contributed by atoms with E-state index in [0.29, 0.717) is 0 Å². The van der Waals surface area contributed by atoms with Crippen LogP contribution in [0.3, 0.4) is 0 Å². The lowest BCUT2D eigenvalue weighted by molar-refractivity contribution is 0.868. The molecule has 0 saturated carbocycles. The number of hydrogen-bond acceptors (Lipinski definition) is 2. The summed E-state index contributed by atoms with van der Waals surface area (Å²) in [5, 5.41) is 6.22. The molecule has 0 radical (unpaired) electrons. The molecule has 49 heavy (non-hydrogen) atoms. The Bertz CT molecular complexity index is 2650. The van der Waals surface area contributed by atoms with E-state index in [2.05, 4.69) is 156 Å². The Balaban J connectivity index is 1.24. The van der Waals surface area contributed by atoms with Gasteiger partial charge in [0.2, 0.25) is 0 Å². The van der Waals surface area contributed by atoms with Crippen LogP contribution in [-0.4, -0.2) is 14.5 Å². The fourth-order valence-corrected chi connectivity index (χ4v) is 7.91. The number of fused-ring (bicyclic) bond motifs is 8. The third-order valence-corrected chi connectivity index (χ3v) is 10.1. The molecule has 1 aliphatic rings. The molecule has 0 atom stereocenters. The fraction of sp³-hybridized carbons (Fsp3) is 0.0435. The van der Waals surface area contributed by atoms with Crippen molar-refractivity contribution in [3.63, 3.8) is 0 Å². The van der Waals surface area contributed by atoms with Gasteiger partial charge < -0.3 is 4.57 Å². The first-order chi connectivity index (χ1) is 24.3. The van der Waals surface area contributed by atoms with Crippen LogP contribution < -0.4 is 0 Å². The van der Waals surface area contributed by atoms with E-state index in [0.717, 1.165) is 52.1 Å². The topological polar surface area (TPSA) is 30.7 Å². The maximum Gasteiger partial charge on any atom is 0.161 e. The summed E-state index contributed by atoms with van der Waals surface area (Å²) in [7, 11) is 0. The summed E-state index contributed by atoms with van der Waals surface area (Å²) < 4.78 is 2.54. The molecule has 3 nitrogen and oxygen atoms in total. The SMILES string of the molecule is c1ccc(-c2cc(-c3ccccc3)nc(-c3cccc4c(-n5c6c(c7c8ccccc8ccc75)-c5ccccc5CC6)cccc34)n2)cc1. The average Bonchev–Trinajstić information content (AvgIpc) is 3.53. The second kappa shape index (κ2) is 11.1. The molecule has 0 fully saturated rings. The molecule has 3 heteroatoms. The first-order valence-corrected chi connectivity index (χ1v) is 17.0. The Morgan fingerprint density at radius 2 is 1.10 bits per heavy atom. The highest BCUT2D eigenvalue weighted by molar-refractivity contribution is 6.16. The van der Waals surface area contributed by atoms with Crippen molar-refractivity contribution in [2.75, 3.05) is 0 Å². The van der Waals surface area contributed by atoms with E-state index in [9.17, 15) is 0 Å². The molecular formula is C46H31N3. The minimum atomic E-state index is 0.724. The molecule has 2 aromatic heterocycles. The molecule has 0 amide bonds. The van der Waals surface area contributed by atoms with Crippen LogP contribution in [0.2, 0.25) is 0 Å². The van der Waals surface area contributed by atoms with Gasteiger partial charge >= 0.3 is 0 Å². The zero-order valence-corrected chi connectivity index (χ0v) is 26.8. The van der Waals surface area contributed by atoms with Gasteiger partial charge in [-0.05, 0) is 58.3 Å². The van der Waals surface area contributed by atoms with Crippen LogP contribution in [0.5, 0.6) is 0 Å². The number of rotatable bonds is 4. The highest BCUT2D eigenvalue weighted by Crippen LogP contribution is 2.46. The van der Waals surface area contributed by atoms with E-state index in [-0.39, 0.29) is 0 Å². The van der Waals surface area contributed by atoms with E-state index in [1.165, 1.54) is 55.1 Å². The lowest BCUT2D eigenvalue weighted by Crippen LogP contribution is -2.08. The zero-order chi connectivity index (χ0) is 32.3. The maximum atomic E-state index is 5.20. The molecule has 10 rings (SSSR count). The Labute approximate surface area is 284 Å². The second-order valence-electron chi connectivity index (χ2n) is 12.9. The molecule has 0 unspecified atom stereocenters. The van der Waals surface area contributed by atoms with Crippen LogP contribution >= 0.6 is 0 Å². The van der Waals surface area contributed by atoms with Crippen molar-refractivity contribution >= 4 is 32.4 Å². The predicted octanol–water partition coefficient (Wildman–Crippen LogP) is 11.5. The van der Waals surface area contributed by atoms with Crippen molar-refractivity contribution in [1.82, 2.24) is 14.5 Å². The van der Waals surface area contributed by atoms with Crippen LogP contribution in [-0.2, 0) is 12.8 Å². The summed E-state index contributed by atoms with van der Waals surface area (Å²) in [6.45, 7) is 0. The van der Waals surface area contributed by atoms with Crippen molar-refractivity contribution < 1.29 is 0 Å². The predicted molar refractivity (Wildman–Crippen MR) is 203 cm³/mol. The van der Waals surface area contributed by atoms with Gasteiger partial charge in [0.05, 0.1) is 22.6 Å². The summed E-state index contributed by atoms with van der Waals surface area (Å²) in [5.41, 5.74) is 12.9.